The SMILES string of the molecule is C1CNCCN1.C=CC#N.N#CCCC1CCN(CCC#N)CC1. The van der Waals surface area contributed by atoms with Crippen molar-refractivity contribution in [3.05, 3.63) is 12.7 Å². The zero-order valence-corrected chi connectivity index (χ0v) is 14.6. The van der Waals surface area contributed by atoms with E-state index in [4.69, 9.17) is 15.8 Å². The molecule has 2 fully saturated rings. The number of likely N-dealkylation sites (tertiary alicyclic amines) is 1. The maximum atomic E-state index is 8.47. The Bertz CT molecular complexity index is 379. The number of hydrogen-bond donors (Lipinski definition) is 2. The van der Waals surface area contributed by atoms with Crippen LogP contribution in [0.1, 0.15) is 32.1 Å². The average Bonchev–Trinajstić information content (AvgIpc) is 2.67. The number of nitriles is 3. The minimum absolute atomic E-state index is 0.642. The molecular formula is C18H30N6. The summed E-state index contributed by atoms with van der Waals surface area (Å²) in [7, 11) is 0. The first-order valence-electron chi connectivity index (χ1n) is 8.66. The Labute approximate surface area is 146 Å². The first kappa shape index (κ1) is 22.1. The molecule has 132 valence electrons. The van der Waals surface area contributed by atoms with E-state index in [0.29, 0.717) is 12.8 Å². The third-order valence-corrected chi connectivity index (χ3v) is 3.96. The molecule has 6 nitrogen and oxygen atoms in total. The predicted molar refractivity (Wildman–Crippen MR) is 95.8 cm³/mol. The van der Waals surface area contributed by atoms with E-state index in [1.807, 2.05) is 0 Å². The van der Waals surface area contributed by atoms with E-state index in [1.54, 1.807) is 6.07 Å². The van der Waals surface area contributed by atoms with Crippen LogP contribution in [-0.2, 0) is 0 Å². The molecular weight excluding hydrogens is 300 g/mol. The molecule has 2 aliphatic rings. The van der Waals surface area contributed by atoms with Crippen LogP contribution in [-0.4, -0.2) is 50.7 Å². The Balaban J connectivity index is 0.000000433. The van der Waals surface area contributed by atoms with Crippen LogP contribution >= 0.6 is 0 Å². The lowest BCUT2D eigenvalue weighted by atomic mass is 9.92. The van der Waals surface area contributed by atoms with Crippen molar-refractivity contribution in [2.75, 3.05) is 45.8 Å². The fourth-order valence-electron chi connectivity index (χ4n) is 2.58. The van der Waals surface area contributed by atoms with Gasteiger partial charge in [-0.3, -0.25) is 0 Å². The monoisotopic (exact) mass is 330 g/mol. The predicted octanol–water partition coefficient (Wildman–Crippen LogP) is 1.79. The molecule has 2 aliphatic heterocycles. The number of piperidine rings is 1. The number of rotatable bonds is 4. The van der Waals surface area contributed by atoms with Gasteiger partial charge in [0.1, 0.15) is 0 Å². The highest BCUT2D eigenvalue weighted by Gasteiger charge is 2.17. The van der Waals surface area contributed by atoms with Crippen LogP contribution < -0.4 is 10.6 Å². The van der Waals surface area contributed by atoms with Crippen molar-refractivity contribution in [1.82, 2.24) is 15.5 Å². The molecule has 0 amide bonds. The van der Waals surface area contributed by atoms with Gasteiger partial charge in [0.15, 0.2) is 0 Å². The van der Waals surface area contributed by atoms with Gasteiger partial charge in [-0.15, -0.1) is 0 Å². The molecule has 0 unspecified atom stereocenters. The van der Waals surface area contributed by atoms with Gasteiger partial charge in [0.05, 0.1) is 18.2 Å². The number of nitrogens with one attached hydrogen (secondary N) is 2. The Morgan fingerprint density at radius 2 is 1.46 bits per heavy atom. The normalized spacial score (nSPS) is 17.5. The summed E-state index contributed by atoms with van der Waals surface area (Å²) in [5.74, 6) is 0.744. The lowest BCUT2D eigenvalue weighted by molar-refractivity contribution is 0.183. The Hall–Kier alpha value is -1.91. The summed E-state index contributed by atoms with van der Waals surface area (Å²) < 4.78 is 0. The summed E-state index contributed by atoms with van der Waals surface area (Å²) in [5.41, 5.74) is 0. The van der Waals surface area contributed by atoms with Crippen LogP contribution in [0, 0.1) is 39.9 Å². The summed E-state index contributed by atoms with van der Waals surface area (Å²) in [6.45, 7) is 10.8. The maximum absolute atomic E-state index is 8.47. The molecule has 6 heteroatoms. The van der Waals surface area contributed by atoms with Crippen LogP contribution in [0.25, 0.3) is 0 Å². The molecule has 0 atom stereocenters. The van der Waals surface area contributed by atoms with E-state index in [-0.39, 0.29) is 0 Å². The van der Waals surface area contributed by atoms with Crippen molar-refractivity contribution >= 4 is 0 Å². The largest absolute Gasteiger partial charge is 0.314 e. The van der Waals surface area contributed by atoms with E-state index in [1.165, 1.54) is 18.9 Å². The Morgan fingerprint density at radius 3 is 1.83 bits per heavy atom. The molecule has 2 N–H and O–H groups in total. The van der Waals surface area contributed by atoms with Gasteiger partial charge in [-0.25, -0.2) is 0 Å². The molecule has 24 heavy (non-hydrogen) atoms. The van der Waals surface area contributed by atoms with Gasteiger partial charge in [0, 0.05) is 51.6 Å². The molecule has 0 aromatic carbocycles. The molecule has 0 aromatic rings. The van der Waals surface area contributed by atoms with Crippen molar-refractivity contribution in [2.24, 2.45) is 5.92 Å². The van der Waals surface area contributed by atoms with E-state index in [0.717, 1.165) is 58.2 Å². The van der Waals surface area contributed by atoms with Crippen LogP contribution in [0.3, 0.4) is 0 Å². The summed E-state index contributed by atoms with van der Waals surface area (Å²) >= 11 is 0. The van der Waals surface area contributed by atoms with Gasteiger partial charge < -0.3 is 15.5 Å². The van der Waals surface area contributed by atoms with Gasteiger partial charge in [-0.05, 0) is 38.3 Å². The molecule has 0 bridgehead atoms. The summed E-state index contributed by atoms with van der Waals surface area (Å²) in [5, 5.41) is 30.9. The summed E-state index contributed by atoms with van der Waals surface area (Å²) in [6.07, 6.45) is 5.98. The van der Waals surface area contributed by atoms with Crippen LogP contribution in [0.5, 0.6) is 0 Å². The maximum Gasteiger partial charge on any atom is 0.0905 e. The lowest BCUT2D eigenvalue weighted by Gasteiger charge is -2.30. The van der Waals surface area contributed by atoms with E-state index in [2.05, 4.69) is 34.3 Å². The van der Waals surface area contributed by atoms with E-state index in [9.17, 15) is 0 Å². The zero-order valence-electron chi connectivity index (χ0n) is 14.6. The second kappa shape index (κ2) is 17.4. The smallest absolute Gasteiger partial charge is 0.0905 e. The quantitative estimate of drug-likeness (QED) is 0.763. The number of nitrogens with zero attached hydrogens (tertiary/aromatic N) is 4. The van der Waals surface area contributed by atoms with Crippen molar-refractivity contribution in [2.45, 2.75) is 32.1 Å². The number of hydrogen-bond acceptors (Lipinski definition) is 6. The third-order valence-electron chi connectivity index (χ3n) is 3.96. The first-order valence-corrected chi connectivity index (χ1v) is 8.66. The molecule has 2 heterocycles. The molecule has 2 rings (SSSR count). The molecule has 0 aliphatic carbocycles. The van der Waals surface area contributed by atoms with Gasteiger partial charge >= 0.3 is 0 Å². The Kier molecular flexibility index (Phi) is 16.1. The second-order valence-corrected chi connectivity index (χ2v) is 5.72. The van der Waals surface area contributed by atoms with Gasteiger partial charge in [-0.2, -0.15) is 15.8 Å². The van der Waals surface area contributed by atoms with Gasteiger partial charge in [-0.1, -0.05) is 6.58 Å². The molecule has 0 spiro atoms. The number of allylic oxidation sites excluding steroid dienone is 1. The highest BCUT2D eigenvalue weighted by molar-refractivity contribution is 4.93. The average molecular weight is 330 g/mol. The molecule has 2 saturated heterocycles. The van der Waals surface area contributed by atoms with Crippen LogP contribution in [0.4, 0.5) is 0 Å². The van der Waals surface area contributed by atoms with Crippen molar-refractivity contribution in [1.29, 1.82) is 15.8 Å². The minimum Gasteiger partial charge on any atom is -0.314 e. The van der Waals surface area contributed by atoms with Crippen LogP contribution in [0.15, 0.2) is 12.7 Å². The van der Waals surface area contributed by atoms with Crippen molar-refractivity contribution < 1.29 is 0 Å². The fraction of sp³-hybridized carbons (Fsp3) is 0.722. The van der Waals surface area contributed by atoms with Gasteiger partial charge in [0.2, 0.25) is 0 Å². The van der Waals surface area contributed by atoms with Crippen LogP contribution in [0.2, 0.25) is 0 Å². The molecule has 0 saturated carbocycles. The van der Waals surface area contributed by atoms with E-state index >= 15 is 0 Å². The van der Waals surface area contributed by atoms with Crippen molar-refractivity contribution in [3.8, 4) is 18.2 Å². The van der Waals surface area contributed by atoms with Crippen molar-refractivity contribution in [3.63, 3.8) is 0 Å². The summed E-state index contributed by atoms with van der Waals surface area (Å²) in [4.78, 5) is 2.35. The highest BCUT2D eigenvalue weighted by Crippen LogP contribution is 2.21. The molecule has 0 aromatic heterocycles. The lowest BCUT2D eigenvalue weighted by Crippen LogP contribution is -2.39. The third kappa shape index (κ3) is 13.7. The zero-order chi connectivity index (χ0) is 17.9. The molecule has 0 radical (unpaired) electrons. The summed E-state index contributed by atoms with van der Waals surface area (Å²) in [6, 6.07) is 6.07. The first-order chi connectivity index (χ1) is 11.8. The highest BCUT2D eigenvalue weighted by atomic mass is 15.1. The minimum atomic E-state index is 0.642. The standard InChI is InChI=1S/C11H17N3.C4H10N2.C3H3N/c12-6-1-3-11-4-9-14(10-5-11)8-2-7-13;1-2-6-4-3-5-1;1-2-3-4/h11H,1-5,8-10H2;5-6H,1-4H2;2H,1H2. The second-order valence-electron chi connectivity index (χ2n) is 5.72. The topological polar surface area (TPSA) is 98.7 Å². The van der Waals surface area contributed by atoms with Gasteiger partial charge in [0.25, 0.3) is 0 Å². The van der Waals surface area contributed by atoms with E-state index < -0.39 is 0 Å². The fourth-order valence-corrected chi connectivity index (χ4v) is 2.58. The number of piperazine rings is 1. The Morgan fingerprint density at radius 1 is 0.958 bits per heavy atom.